The normalized spacial score (nSPS) is 16.9. The number of likely N-dealkylation sites (tertiary alicyclic amines) is 1. The minimum atomic E-state index is 0.530. The summed E-state index contributed by atoms with van der Waals surface area (Å²) in [4.78, 5) is 8.43. The summed E-state index contributed by atoms with van der Waals surface area (Å²) >= 11 is 0. The van der Waals surface area contributed by atoms with Gasteiger partial charge in [-0.1, -0.05) is 20.4 Å². The first-order chi connectivity index (χ1) is 13.6. The number of pyridine rings is 1. The molecular formula is C21H29N7. The van der Waals surface area contributed by atoms with Crippen LogP contribution in [-0.2, 0) is 6.54 Å². The molecule has 0 amide bonds. The van der Waals surface area contributed by atoms with E-state index in [0.717, 1.165) is 41.6 Å². The molecule has 28 heavy (non-hydrogen) atoms. The van der Waals surface area contributed by atoms with Gasteiger partial charge in [-0.05, 0) is 37.1 Å². The van der Waals surface area contributed by atoms with Crippen molar-refractivity contribution in [2.45, 2.75) is 33.2 Å². The molecular weight excluding hydrogens is 350 g/mol. The SMILES string of the molecule is C=C1c2cn(/C(N)=C/C=C(\N)N3CCCC3)nc2CN1c1cccnc1.CC. The highest BCUT2D eigenvalue weighted by Crippen LogP contribution is 2.34. The molecule has 1 saturated heterocycles. The smallest absolute Gasteiger partial charge is 0.124 e. The van der Waals surface area contributed by atoms with Gasteiger partial charge < -0.3 is 21.3 Å². The zero-order valence-electron chi connectivity index (χ0n) is 16.7. The number of nitrogens with zero attached hydrogens (tertiary/aromatic N) is 5. The Labute approximate surface area is 166 Å². The van der Waals surface area contributed by atoms with E-state index in [9.17, 15) is 0 Å². The Morgan fingerprint density at radius 1 is 1.14 bits per heavy atom. The first kappa shape index (κ1) is 19.5. The van der Waals surface area contributed by atoms with E-state index < -0.39 is 0 Å². The summed E-state index contributed by atoms with van der Waals surface area (Å²) in [5.41, 5.74) is 16.2. The van der Waals surface area contributed by atoms with Gasteiger partial charge in [0.25, 0.3) is 0 Å². The van der Waals surface area contributed by atoms with Crippen molar-refractivity contribution >= 4 is 17.2 Å². The minimum absolute atomic E-state index is 0.530. The third-order valence-electron chi connectivity index (χ3n) is 4.85. The molecule has 0 atom stereocenters. The van der Waals surface area contributed by atoms with Crippen LogP contribution in [0.5, 0.6) is 0 Å². The van der Waals surface area contributed by atoms with E-state index in [0.29, 0.717) is 12.4 Å². The number of fused-ring (bicyclic) bond motifs is 1. The molecule has 0 radical (unpaired) electrons. The second-order valence-corrected chi connectivity index (χ2v) is 6.56. The van der Waals surface area contributed by atoms with Crippen LogP contribution in [0.3, 0.4) is 0 Å². The molecule has 0 aliphatic carbocycles. The summed E-state index contributed by atoms with van der Waals surface area (Å²) < 4.78 is 1.68. The molecule has 4 N–H and O–H groups in total. The summed E-state index contributed by atoms with van der Waals surface area (Å²) in [7, 11) is 0. The van der Waals surface area contributed by atoms with Gasteiger partial charge in [-0.15, -0.1) is 0 Å². The van der Waals surface area contributed by atoms with Gasteiger partial charge in [-0.3, -0.25) is 4.98 Å². The quantitative estimate of drug-likeness (QED) is 0.794. The second kappa shape index (κ2) is 8.65. The van der Waals surface area contributed by atoms with Crippen molar-refractivity contribution in [2.24, 2.45) is 11.5 Å². The van der Waals surface area contributed by atoms with Crippen molar-refractivity contribution in [2.75, 3.05) is 18.0 Å². The maximum Gasteiger partial charge on any atom is 0.124 e. The molecule has 4 rings (SSSR count). The zero-order valence-corrected chi connectivity index (χ0v) is 16.7. The number of nitrogens with two attached hydrogens (primary N) is 2. The average molecular weight is 380 g/mol. The Morgan fingerprint density at radius 2 is 1.86 bits per heavy atom. The van der Waals surface area contributed by atoms with E-state index >= 15 is 0 Å². The van der Waals surface area contributed by atoms with E-state index in [1.54, 1.807) is 17.0 Å². The molecule has 0 spiro atoms. The summed E-state index contributed by atoms with van der Waals surface area (Å²) in [6, 6.07) is 3.93. The second-order valence-electron chi connectivity index (χ2n) is 6.56. The fraction of sp³-hybridized carbons (Fsp3) is 0.333. The van der Waals surface area contributed by atoms with Crippen LogP contribution in [0, 0.1) is 0 Å². The lowest BCUT2D eigenvalue weighted by Crippen LogP contribution is -2.24. The van der Waals surface area contributed by atoms with Crippen molar-refractivity contribution in [3.63, 3.8) is 0 Å². The predicted octanol–water partition coefficient (Wildman–Crippen LogP) is 2.95. The van der Waals surface area contributed by atoms with Crippen molar-refractivity contribution < 1.29 is 0 Å². The Balaban J connectivity index is 0.00000109. The van der Waals surface area contributed by atoms with Crippen LogP contribution >= 0.6 is 0 Å². The lowest BCUT2D eigenvalue weighted by Gasteiger charge is -2.19. The molecule has 0 aromatic carbocycles. The molecule has 2 aromatic heterocycles. The van der Waals surface area contributed by atoms with Crippen LogP contribution in [0.2, 0.25) is 0 Å². The minimum Gasteiger partial charge on any atom is -0.385 e. The van der Waals surface area contributed by atoms with E-state index in [1.165, 1.54) is 12.8 Å². The van der Waals surface area contributed by atoms with E-state index in [1.807, 2.05) is 44.4 Å². The Bertz CT molecular complexity index is 873. The van der Waals surface area contributed by atoms with Gasteiger partial charge >= 0.3 is 0 Å². The number of rotatable bonds is 4. The zero-order chi connectivity index (χ0) is 20.1. The Morgan fingerprint density at radius 3 is 2.50 bits per heavy atom. The van der Waals surface area contributed by atoms with Crippen molar-refractivity contribution in [3.8, 4) is 0 Å². The lowest BCUT2D eigenvalue weighted by molar-refractivity contribution is 0.421. The number of aromatic nitrogens is 3. The molecule has 7 heteroatoms. The van der Waals surface area contributed by atoms with Crippen LogP contribution in [0.25, 0.3) is 11.5 Å². The predicted molar refractivity (Wildman–Crippen MR) is 115 cm³/mol. The number of hydrogen-bond acceptors (Lipinski definition) is 6. The van der Waals surface area contributed by atoms with Gasteiger partial charge in [-0.25, -0.2) is 4.68 Å². The molecule has 7 nitrogen and oxygen atoms in total. The molecule has 1 fully saturated rings. The molecule has 2 aromatic rings. The van der Waals surface area contributed by atoms with Gasteiger partial charge in [0.05, 0.1) is 29.9 Å². The molecule has 148 valence electrons. The Kier molecular flexibility index (Phi) is 6.03. The fourth-order valence-electron chi connectivity index (χ4n) is 3.38. The van der Waals surface area contributed by atoms with Crippen LogP contribution in [-0.4, -0.2) is 32.8 Å². The van der Waals surface area contributed by atoms with Gasteiger partial charge in [-0.2, -0.15) is 5.10 Å². The topological polar surface area (TPSA) is 89.2 Å². The molecule has 2 aliphatic heterocycles. The largest absolute Gasteiger partial charge is 0.385 e. The van der Waals surface area contributed by atoms with Crippen molar-refractivity contribution in [3.05, 3.63) is 66.5 Å². The standard InChI is InChI=1S/C19H23N7.C2H6/c1-14-16-12-26(19(21)7-6-18(20)24-9-2-3-10-24)23-17(16)13-25(14)15-5-4-8-22-11-15;1-2/h4-8,11-12H,1-3,9-10,13,20-21H2;1-2H3/b18-6+,19-7+;. The summed E-state index contributed by atoms with van der Waals surface area (Å²) in [6.07, 6.45) is 11.5. The van der Waals surface area contributed by atoms with Crippen LogP contribution in [0.1, 0.15) is 37.9 Å². The van der Waals surface area contributed by atoms with Crippen LogP contribution in [0.4, 0.5) is 5.69 Å². The summed E-state index contributed by atoms with van der Waals surface area (Å²) in [5, 5.41) is 4.61. The number of anilines is 1. The molecule has 2 aliphatic rings. The number of allylic oxidation sites excluding steroid dienone is 2. The first-order valence-electron chi connectivity index (χ1n) is 9.77. The molecule has 4 heterocycles. The van der Waals surface area contributed by atoms with Crippen LogP contribution in [0.15, 0.2) is 55.3 Å². The third kappa shape index (κ3) is 3.88. The lowest BCUT2D eigenvalue weighted by atomic mass is 10.2. The highest BCUT2D eigenvalue weighted by molar-refractivity contribution is 5.82. The van der Waals surface area contributed by atoms with E-state index in [4.69, 9.17) is 11.5 Å². The third-order valence-corrected chi connectivity index (χ3v) is 4.85. The number of hydrogen-bond donors (Lipinski definition) is 2. The molecule has 0 unspecified atom stereocenters. The van der Waals surface area contributed by atoms with Crippen molar-refractivity contribution in [1.29, 1.82) is 0 Å². The maximum atomic E-state index is 6.18. The molecule has 0 saturated carbocycles. The summed E-state index contributed by atoms with van der Waals surface area (Å²) in [5.74, 6) is 1.28. The summed E-state index contributed by atoms with van der Waals surface area (Å²) in [6.45, 7) is 10.9. The van der Waals surface area contributed by atoms with Crippen molar-refractivity contribution in [1.82, 2.24) is 19.7 Å². The molecule has 0 bridgehead atoms. The monoisotopic (exact) mass is 379 g/mol. The van der Waals surface area contributed by atoms with Gasteiger partial charge in [0.2, 0.25) is 0 Å². The van der Waals surface area contributed by atoms with E-state index in [2.05, 4.69) is 26.5 Å². The van der Waals surface area contributed by atoms with Gasteiger partial charge in [0, 0.05) is 36.7 Å². The Hall–Kier alpha value is -3.22. The highest BCUT2D eigenvalue weighted by atomic mass is 15.3. The van der Waals surface area contributed by atoms with Gasteiger partial charge in [0.1, 0.15) is 5.82 Å². The maximum absolute atomic E-state index is 6.18. The van der Waals surface area contributed by atoms with Crippen LogP contribution < -0.4 is 16.4 Å². The average Bonchev–Trinajstić information content (AvgIpc) is 3.46. The first-order valence-corrected chi connectivity index (χ1v) is 9.77. The fourth-order valence-corrected chi connectivity index (χ4v) is 3.38. The van der Waals surface area contributed by atoms with E-state index in [-0.39, 0.29) is 0 Å². The highest BCUT2D eigenvalue weighted by Gasteiger charge is 2.27. The van der Waals surface area contributed by atoms with Gasteiger partial charge in [0.15, 0.2) is 0 Å².